The molecule has 0 spiro atoms. The van der Waals surface area contributed by atoms with Crippen LogP contribution in [-0.4, -0.2) is 29.1 Å². The van der Waals surface area contributed by atoms with Crippen molar-refractivity contribution < 1.29 is 0 Å². The third kappa shape index (κ3) is 2.34. The van der Waals surface area contributed by atoms with Gasteiger partial charge in [0.25, 0.3) is 5.56 Å². The monoisotopic (exact) mass is 234 g/mol. The van der Waals surface area contributed by atoms with Crippen molar-refractivity contribution in [3.8, 4) is 0 Å². The molecule has 1 saturated heterocycles. The molecule has 1 aromatic rings. The maximum atomic E-state index is 11.6. The molecule has 1 aliphatic carbocycles. The van der Waals surface area contributed by atoms with Crippen LogP contribution in [0.1, 0.15) is 37.4 Å². The van der Waals surface area contributed by atoms with Gasteiger partial charge in [-0.3, -0.25) is 4.79 Å². The Hall–Kier alpha value is -1.36. The summed E-state index contributed by atoms with van der Waals surface area (Å²) in [5.74, 6) is 2.17. The first-order valence-electron chi connectivity index (χ1n) is 6.34. The van der Waals surface area contributed by atoms with Gasteiger partial charge in [-0.2, -0.15) is 0 Å². The summed E-state index contributed by atoms with van der Waals surface area (Å²) in [6.07, 6.45) is 4.26. The van der Waals surface area contributed by atoms with Gasteiger partial charge >= 0.3 is 0 Å². The fourth-order valence-corrected chi connectivity index (χ4v) is 2.30. The number of aromatic nitrogens is 2. The van der Waals surface area contributed by atoms with Crippen molar-refractivity contribution >= 4 is 5.82 Å². The number of nitrogens with one attached hydrogen (secondary N) is 1. The Balaban J connectivity index is 1.84. The summed E-state index contributed by atoms with van der Waals surface area (Å²) in [6.45, 7) is 1.81. The van der Waals surface area contributed by atoms with Crippen LogP contribution in [0.15, 0.2) is 10.9 Å². The van der Waals surface area contributed by atoms with Gasteiger partial charge in [0, 0.05) is 31.1 Å². The molecular formula is C12H18N4O. The van der Waals surface area contributed by atoms with Gasteiger partial charge in [-0.1, -0.05) is 0 Å². The standard InChI is InChI=1S/C12H18N4O/c13-9-3-5-16(6-4-9)10-7-11(17)15-12(14-10)8-1-2-8/h7-9H,1-6,13H2,(H,14,15,17). The molecule has 92 valence electrons. The predicted octanol–water partition coefficient (Wildman–Crippen LogP) is 0.575. The number of hydrogen-bond acceptors (Lipinski definition) is 4. The molecule has 5 nitrogen and oxygen atoms in total. The first-order chi connectivity index (χ1) is 8.22. The van der Waals surface area contributed by atoms with Crippen LogP contribution in [0.2, 0.25) is 0 Å². The highest BCUT2D eigenvalue weighted by Crippen LogP contribution is 2.38. The molecule has 17 heavy (non-hydrogen) atoms. The largest absolute Gasteiger partial charge is 0.356 e. The molecule has 3 N–H and O–H groups in total. The number of aromatic amines is 1. The Morgan fingerprint density at radius 1 is 1.29 bits per heavy atom. The molecule has 1 saturated carbocycles. The molecular weight excluding hydrogens is 216 g/mol. The number of hydrogen-bond donors (Lipinski definition) is 2. The average Bonchev–Trinajstić information content (AvgIpc) is 3.13. The minimum absolute atomic E-state index is 0.0354. The van der Waals surface area contributed by atoms with E-state index in [1.807, 2.05) is 0 Å². The molecule has 3 rings (SSSR count). The molecule has 2 heterocycles. The third-order valence-corrected chi connectivity index (χ3v) is 3.57. The zero-order valence-electron chi connectivity index (χ0n) is 9.85. The summed E-state index contributed by atoms with van der Waals surface area (Å²) in [7, 11) is 0. The first kappa shape index (κ1) is 10.8. The highest BCUT2D eigenvalue weighted by molar-refractivity contribution is 5.38. The van der Waals surface area contributed by atoms with Crippen molar-refractivity contribution in [2.75, 3.05) is 18.0 Å². The van der Waals surface area contributed by atoms with Gasteiger partial charge in [0.15, 0.2) is 0 Å². The number of rotatable bonds is 2. The molecule has 2 fully saturated rings. The molecule has 0 radical (unpaired) electrons. The van der Waals surface area contributed by atoms with E-state index >= 15 is 0 Å². The number of nitrogens with zero attached hydrogens (tertiary/aromatic N) is 2. The second-order valence-electron chi connectivity index (χ2n) is 5.09. The third-order valence-electron chi connectivity index (χ3n) is 3.57. The number of H-pyrrole nitrogens is 1. The Kier molecular flexibility index (Phi) is 2.63. The summed E-state index contributed by atoms with van der Waals surface area (Å²) in [6, 6.07) is 1.90. The minimum atomic E-state index is -0.0354. The van der Waals surface area contributed by atoms with E-state index in [1.54, 1.807) is 6.07 Å². The van der Waals surface area contributed by atoms with Crippen molar-refractivity contribution in [3.63, 3.8) is 0 Å². The van der Waals surface area contributed by atoms with E-state index in [1.165, 1.54) is 0 Å². The molecule has 1 aromatic heterocycles. The van der Waals surface area contributed by atoms with Crippen molar-refractivity contribution in [2.45, 2.75) is 37.6 Å². The lowest BCUT2D eigenvalue weighted by molar-refractivity contribution is 0.498. The van der Waals surface area contributed by atoms with Gasteiger partial charge < -0.3 is 15.6 Å². The lowest BCUT2D eigenvalue weighted by Gasteiger charge is -2.31. The van der Waals surface area contributed by atoms with E-state index < -0.39 is 0 Å². The summed E-state index contributed by atoms with van der Waals surface area (Å²) >= 11 is 0. The Bertz CT molecular complexity index is 458. The highest BCUT2D eigenvalue weighted by Gasteiger charge is 2.27. The van der Waals surface area contributed by atoms with E-state index in [9.17, 15) is 4.79 Å². The number of nitrogens with two attached hydrogens (primary N) is 1. The fraction of sp³-hybridized carbons (Fsp3) is 0.667. The molecule has 0 unspecified atom stereocenters. The number of anilines is 1. The zero-order chi connectivity index (χ0) is 11.8. The van der Waals surface area contributed by atoms with Crippen LogP contribution < -0.4 is 16.2 Å². The second-order valence-corrected chi connectivity index (χ2v) is 5.09. The van der Waals surface area contributed by atoms with Gasteiger partial charge in [-0.15, -0.1) is 0 Å². The SMILES string of the molecule is NC1CCN(c2cc(=O)[nH]c(C3CC3)n2)CC1. The van der Waals surface area contributed by atoms with Gasteiger partial charge in [0.05, 0.1) is 0 Å². The molecule has 2 aliphatic rings. The van der Waals surface area contributed by atoms with Gasteiger partial charge in [0.2, 0.25) is 0 Å². The Morgan fingerprint density at radius 2 is 2.00 bits per heavy atom. The normalized spacial score (nSPS) is 21.8. The summed E-state index contributed by atoms with van der Waals surface area (Å²) in [5, 5.41) is 0. The van der Waals surface area contributed by atoms with Crippen LogP contribution in [0.4, 0.5) is 5.82 Å². The number of piperidine rings is 1. The van der Waals surface area contributed by atoms with E-state index in [0.717, 1.165) is 50.4 Å². The minimum Gasteiger partial charge on any atom is -0.356 e. The summed E-state index contributed by atoms with van der Waals surface area (Å²) < 4.78 is 0. The maximum absolute atomic E-state index is 11.6. The smallest absolute Gasteiger partial charge is 0.252 e. The molecule has 0 atom stereocenters. The van der Waals surface area contributed by atoms with Crippen molar-refractivity contribution in [1.82, 2.24) is 9.97 Å². The van der Waals surface area contributed by atoms with Gasteiger partial charge in [-0.05, 0) is 25.7 Å². The lowest BCUT2D eigenvalue weighted by Crippen LogP contribution is -2.40. The van der Waals surface area contributed by atoms with Crippen molar-refractivity contribution in [1.29, 1.82) is 0 Å². The quantitative estimate of drug-likeness (QED) is 0.784. The Morgan fingerprint density at radius 3 is 2.65 bits per heavy atom. The zero-order valence-corrected chi connectivity index (χ0v) is 9.85. The fourth-order valence-electron chi connectivity index (χ4n) is 2.30. The van der Waals surface area contributed by atoms with Crippen LogP contribution in [0.3, 0.4) is 0 Å². The van der Waals surface area contributed by atoms with Crippen LogP contribution >= 0.6 is 0 Å². The van der Waals surface area contributed by atoms with Gasteiger partial charge in [0.1, 0.15) is 11.6 Å². The molecule has 5 heteroatoms. The molecule has 0 amide bonds. The molecule has 0 bridgehead atoms. The van der Waals surface area contributed by atoms with Crippen LogP contribution in [0.25, 0.3) is 0 Å². The van der Waals surface area contributed by atoms with Crippen LogP contribution in [0, 0.1) is 0 Å². The maximum Gasteiger partial charge on any atom is 0.252 e. The predicted molar refractivity (Wildman–Crippen MR) is 66.3 cm³/mol. The highest BCUT2D eigenvalue weighted by atomic mass is 16.1. The van der Waals surface area contributed by atoms with Crippen molar-refractivity contribution in [3.05, 3.63) is 22.2 Å². The van der Waals surface area contributed by atoms with E-state index in [2.05, 4.69) is 14.9 Å². The van der Waals surface area contributed by atoms with Crippen LogP contribution in [-0.2, 0) is 0 Å². The molecule has 0 aromatic carbocycles. The van der Waals surface area contributed by atoms with E-state index in [-0.39, 0.29) is 5.56 Å². The van der Waals surface area contributed by atoms with Crippen LogP contribution in [0.5, 0.6) is 0 Å². The average molecular weight is 234 g/mol. The van der Waals surface area contributed by atoms with E-state index in [4.69, 9.17) is 5.73 Å². The molecule has 1 aliphatic heterocycles. The second kappa shape index (κ2) is 4.14. The first-order valence-corrected chi connectivity index (χ1v) is 6.34. The van der Waals surface area contributed by atoms with E-state index in [0.29, 0.717) is 12.0 Å². The lowest BCUT2D eigenvalue weighted by atomic mass is 10.1. The Labute approximate surface area is 100 Å². The van der Waals surface area contributed by atoms with Crippen molar-refractivity contribution in [2.24, 2.45) is 5.73 Å². The van der Waals surface area contributed by atoms with Gasteiger partial charge in [-0.25, -0.2) is 4.98 Å². The summed E-state index contributed by atoms with van der Waals surface area (Å²) in [4.78, 5) is 21.2. The topological polar surface area (TPSA) is 75.0 Å². The summed E-state index contributed by atoms with van der Waals surface area (Å²) in [5.41, 5.74) is 5.84.